The van der Waals surface area contributed by atoms with E-state index in [9.17, 15) is 0 Å². The van der Waals surface area contributed by atoms with Crippen LogP contribution in [0, 0.1) is 5.92 Å². The largest absolute Gasteiger partial charge is 0.381 e. The third-order valence-corrected chi connectivity index (χ3v) is 4.42. The highest BCUT2D eigenvalue weighted by Gasteiger charge is 2.31. The van der Waals surface area contributed by atoms with E-state index in [-0.39, 0.29) is 5.95 Å². The fraction of sp³-hybridized carbons (Fsp3) is 0.714. The molecular formula is C14H22ClN5O2. The number of halogens is 1. The number of nitrogens with two attached hydrogens (primary N) is 1. The molecule has 2 saturated heterocycles. The van der Waals surface area contributed by atoms with Crippen molar-refractivity contribution in [3.63, 3.8) is 0 Å². The zero-order valence-electron chi connectivity index (χ0n) is 12.5. The maximum absolute atomic E-state index is 5.92. The molecule has 0 radical (unpaired) electrons. The summed E-state index contributed by atoms with van der Waals surface area (Å²) >= 11 is 5.92. The molecular weight excluding hydrogens is 306 g/mol. The molecule has 0 aliphatic carbocycles. The molecule has 3 rings (SSSR count). The van der Waals surface area contributed by atoms with Crippen LogP contribution >= 0.6 is 11.6 Å². The van der Waals surface area contributed by atoms with E-state index in [0.717, 1.165) is 52.5 Å². The van der Waals surface area contributed by atoms with Gasteiger partial charge in [-0.1, -0.05) is 11.6 Å². The van der Waals surface area contributed by atoms with E-state index in [2.05, 4.69) is 20.2 Å². The summed E-state index contributed by atoms with van der Waals surface area (Å²) < 4.78 is 11.0. The van der Waals surface area contributed by atoms with E-state index in [4.69, 9.17) is 26.8 Å². The predicted molar refractivity (Wildman–Crippen MR) is 85.1 cm³/mol. The van der Waals surface area contributed by atoms with Crippen LogP contribution in [0.5, 0.6) is 0 Å². The van der Waals surface area contributed by atoms with Crippen LogP contribution in [0.2, 0.25) is 5.15 Å². The molecule has 7 nitrogen and oxygen atoms in total. The van der Waals surface area contributed by atoms with Gasteiger partial charge in [-0.2, -0.15) is 4.98 Å². The van der Waals surface area contributed by atoms with Crippen molar-refractivity contribution in [2.24, 2.45) is 5.92 Å². The molecule has 0 unspecified atom stereocenters. The number of morpholine rings is 1. The molecule has 2 atom stereocenters. The Bertz CT molecular complexity index is 472. The van der Waals surface area contributed by atoms with Crippen LogP contribution < -0.4 is 11.1 Å². The van der Waals surface area contributed by atoms with E-state index >= 15 is 0 Å². The highest BCUT2D eigenvalue weighted by atomic mass is 35.5. The number of hydrogen-bond acceptors (Lipinski definition) is 7. The summed E-state index contributed by atoms with van der Waals surface area (Å²) in [4.78, 5) is 10.5. The fourth-order valence-electron chi connectivity index (χ4n) is 3.09. The smallest absolute Gasteiger partial charge is 0.223 e. The number of anilines is 2. The lowest BCUT2D eigenvalue weighted by Gasteiger charge is -2.37. The van der Waals surface area contributed by atoms with Crippen LogP contribution in [0.25, 0.3) is 0 Å². The van der Waals surface area contributed by atoms with Gasteiger partial charge in [0.15, 0.2) is 0 Å². The van der Waals surface area contributed by atoms with E-state index in [1.807, 2.05) is 0 Å². The first-order chi connectivity index (χ1) is 10.7. The third-order valence-electron chi connectivity index (χ3n) is 4.23. The second-order valence-electron chi connectivity index (χ2n) is 5.65. The number of nitrogen functional groups attached to an aromatic ring is 1. The van der Waals surface area contributed by atoms with Crippen LogP contribution in [-0.2, 0) is 9.47 Å². The molecule has 1 aromatic heterocycles. The highest BCUT2D eigenvalue weighted by Crippen LogP contribution is 2.23. The topological polar surface area (TPSA) is 85.5 Å². The molecule has 0 amide bonds. The predicted octanol–water partition coefficient (Wildman–Crippen LogP) is 0.861. The van der Waals surface area contributed by atoms with Gasteiger partial charge in [0.1, 0.15) is 11.0 Å². The second-order valence-corrected chi connectivity index (χ2v) is 6.04. The van der Waals surface area contributed by atoms with Crippen LogP contribution in [-0.4, -0.2) is 67.0 Å². The van der Waals surface area contributed by atoms with Crippen LogP contribution in [0.15, 0.2) is 6.07 Å². The molecule has 22 heavy (non-hydrogen) atoms. The summed E-state index contributed by atoms with van der Waals surface area (Å²) in [7, 11) is 0. The Hall–Kier alpha value is -1.15. The van der Waals surface area contributed by atoms with E-state index < -0.39 is 0 Å². The lowest BCUT2D eigenvalue weighted by molar-refractivity contribution is 0.00460. The number of aromatic nitrogens is 2. The molecule has 2 aliphatic rings. The zero-order chi connectivity index (χ0) is 15.4. The van der Waals surface area contributed by atoms with Gasteiger partial charge in [0.2, 0.25) is 5.95 Å². The summed E-state index contributed by atoms with van der Waals surface area (Å²) in [6.07, 6.45) is 1.09. The number of ether oxygens (including phenoxy) is 2. The Morgan fingerprint density at radius 3 is 2.82 bits per heavy atom. The van der Waals surface area contributed by atoms with E-state index in [1.165, 1.54) is 0 Å². The number of nitrogens with one attached hydrogen (secondary N) is 1. The van der Waals surface area contributed by atoms with Crippen molar-refractivity contribution in [3.05, 3.63) is 11.2 Å². The van der Waals surface area contributed by atoms with Gasteiger partial charge in [0, 0.05) is 44.3 Å². The van der Waals surface area contributed by atoms with Crippen LogP contribution in [0.1, 0.15) is 6.42 Å². The fourth-order valence-corrected chi connectivity index (χ4v) is 3.28. The third kappa shape index (κ3) is 3.98. The number of nitrogens with zero attached hydrogens (tertiary/aromatic N) is 3. The minimum absolute atomic E-state index is 0.183. The molecule has 0 spiro atoms. The van der Waals surface area contributed by atoms with Gasteiger partial charge in [-0.15, -0.1) is 0 Å². The Balaban J connectivity index is 1.66. The molecule has 0 aromatic carbocycles. The second kappa shape index (κ2) is 7.41. The van der Waals surface area contributed by atoms with Crippen molar-refractivity contribution in [2.75, 3.05) is 57.1 Å². The van der Waals surface area contributed by atoms with E-state index in [0.29, 0.717) is 22.9 Å². The Kier molecular flexibility index (Phi) is 5.30. The van der Waals surface area contributed by atoms with Crippen molar-refractivity contribution in [2.45, 2.75) is 12.5 Å². The van der Waals surface area contributed by atoms with Gasteiger partial charge in [-0.25, -0.2) is 4.98 Å². The van der Waals surface area contributed by atoms with Gasteiger partial charge < -0.3 is 20.5 Å². The lowest BCUT2D eigenvalue weighted by Crippen LogP contribution is -2.50. The van der Waals surface area contributed by atoms with Crippen molar-refractivity contribution in [1.82, 2.24) is 14.9 Å². The summed E-state index contributed by atoms with van der Waals surface area (Å²) in [5.74, 6) is 1.37. The summed E-state index contributed by atoms with van der Waals surface area (Å²) in [6, 6.07) is 2.08. The lowest BCUT2D eigenvalue weighted by atomic mass is 9.97. The van der Waals surface area contributed by atoms with Gasteiger partial charge in [0.25, 0.3) is 0 Å². The van der Waals surface area contributed by atoms with Gasteiger partial charge >= 0.3 is 0 Å². The van der Waals surface area contributed by atoms with Crippen molar-refractivity contribution < 1.29 is 9.47 Å². The molecule has 2 aliphatic heterocycles. The first-order valence-corrected chi connectivity index (χ1v) is 8.03. The van der Waals surface area contributed by atoms with E-state index in [1.54, 1.807) is 6.07 Å². The van der Waals surface area contributed by atoms with Gasteiger partial charge in [-0.3, -0.25) is 4.90 Å². The Labute approximate surface area is 135 Å². The molecule has 3 N–H and O–H groups in total. The molecule has 8 heteroatoms. The standard InChI is InChI=1S/C14H22ClN5O2/c15-12-7-13(19-14(16)18-12)17-8-11(10-1-4-22-9-10)20-2-5-21-6-3-20/h7,10-11H,1-6,8-9H2,(H3,16,17,18,19)/t10-,11-/m0/s1. The number of hydrogen-bond donors (Lipinski definition) is 2. The quantitative estimate of drug-likeness (QED) is 0.776. The molecule has 1 aromatic rings. The highest BCUT2D eigenvalue weighted by molar-refractivity contribution is 6.29. The first-order valence-electron chi connectivity index (χ1n) is 7.66. The normalized spacial score (nSPS) is 24.3. The summed E-state index contributed by atoms with van der Waals surface area (Å²) in [5.41, 5.74) is 5.64. The molecule has 3 heterocycles. The minimum Gasteiger partial charge on any atom is -0.381 e. The molecule has 2 fully saturated rings. The Morgan fingerprint density at radius 1 is 1.32 bits per heavy atom. The van der Waals surface area contributed by atoms with Gasteiger partial charge in [-0.05, 0) is 6.42 Å². The van der Waals surface area contributed by atoms with Crippen molar-refractivity contribution in [3.8, 4) is 0 Å². The summed E-state index contributed by atoms with van der Waals surface area (Å²) in [5, 5.41) is 3.70. The maximum Gasteiger partial charge on any atom is 0.223 e. The van der Waals surface area contributed by atoms with Crippen LogP contribution in [0.4, 0.5) is 11.8 Å². The molecule has 122 valence electrons. The monoisotopic (exact) mass is 327 g/mol. The number of rotatable bonds is 5. The average molecular weight is 328 g/mol. The SMILES string of the molecule is Nc1nc(Cl)cc(NC[C@@H]([C@H]2CCOC2)N2CCOCC2)n1. The Morgan fingerprint density at radius 2 is 2.14 bits per heavy atom. The zero-order valence-corrected chi connectivity index (χ0v) is 13.3. The minimum atomic E-state index is 0.183. The maximum atomic E-state index is 5.92. The summed E-state index contributed by atoms with van der Waals surface area (Å²) in [6.45, 7) is 5.92. The average Bonchev–Trinajstić information content (AvgIpc) is 3.02. The van der Waals surface area contributed by atoms with Crippen molar-refractivity contribution in [1.29, 1.82) is 0 Å². The van der Waals surface area contributed by atoms with Gasteiger partial charge in [0.05, 0.1) is 19.8 Å². The molecule has 0 bridgehead atoms. The van der Waals surface area contributed by atoms with Crippen molar-refractivity contribution >= 4 is 23.4 Å². The first kappa shape index (κ1) is 15.7. The van der Waals surface area contributed by atoms with Crippen LogP contribution in [0.3, 0.4) is 0 Å². The molecule has 0 saturated carbocycles.